The van der Waals surface area contributed by atoms with E-state index in [9.17, 15) is 0 Å². The summed E-state index contributed by atoms with van der Waals surface area (Å²) in [7, 11) is 0. The van der Waals surface area contributed by atoms with Crippen LogP contribution in [0.2, 0.25) is 0 Å². The molecule has 3 nitrogen and oxygen atoms in total. The summed E-state index contributed by atoms with van der Waals surface area (Å²) in [4.78, 5) is 4.40. The van der Waals surface area contributed by atoms with Crippen LogP contribution in [-0.4, -0.2) is 9.55 Å². The molecule has 3 rings (SSSR count). The molecule has 1 aromatic heterocycles. The molecule has 0 saturated carbocycles. The number of aromatic nitrogens is 2. The summed E-state index contributed by atoms with van der Waals surface area (Å²) in [5.41, 5.74) is 9.14. The van der Waals surface area contributed by atoms with Gasteiger partial charge in [0.2, 0.25) is 5.95 Å². The molecule has 0 aliphatic carbocycles. The zero-order chi connectivity index (χ0) is 13.4. The van der Waals surface area contributed by atoms with Gasteiger partial charge in [0.15, 0.2) is 0 Å². The van der Waals surface area contributed by atoms with Crippen molar-refractivity contribution in [3.63, 3.8) is 0 Å². The Hall–Kier alpha value is -1.33. The highest BCUT2D eigenvalue weighted by Crippen LogP contribution is 2.25. The van der Waals surface area contributed by atoms with Crippen molar-refractivity contribution in [2.24, 2.45) is 0 Å². The van der Waals surface area contributed by atoms with Crippen LogP contribution in [0.25, 0.3) is 11.0 Å². The molecule has 2 N–H and O–H groups in total. The van der Waals surface area contributed by atoms with E-state index in [1.165, 1.54) is 5.56 Å². The van der Waals surface area contributed by atoms with E-state index in [1.807, 2.05) is 41.0 Å². The maximum absolute atomic E-state index is 6.02. The van der Waals surface area contributed by atoms with E-state index in [1.54, 1.807) is 0 Å². The molecule has 0 radical (unpaired) electrons. The highest BCUT2D eigenvalue weighted by molar-refractivity contribution is 9.10. The van der Waals surface area contributed by atoms with Crippen LogP contribution in [0.1, 0.15) is 5.56 Å². The number of anilines is 1. The number of imidazole rings is 1. The second-order valence-corrected chi connectivity index (χ2v) is 6.05. The average molecular weight is 381 g/mol. The van der Waals surface area contributed by atoms with Crippen molar-refractivity contribution >= 4 is 48.8 Å². The summed E-state index contributed by atoms with van der Waals surface area (Å²) in [6.45, 7) is 0.700. The smallest absolute Gasteiger partial charge is 0.201 e. The number of hydrogen-bond donors (Lipinski definition) is 1. The summed E-state index contributed by atoms with van der Waals surface area (Å²) in [5.74, 6) is 0.531. The van der Waals surface area contributed by atoms with Gasteiger partial charge in [0, 0.05) is 8.95 Å². The van der Waals surface area contributed by atoms with Crippen LogP contribution in [0.4, 0.5) is 5.95 Å². The molecular weight excluding hydrogens is 370 g/mol. The molecule has 0 saturated heterocycles. The Bertz CT molecular complexity index is 750. The first kappa shape index (κ1) is 12.7. The Morgan fingerprint density at radius 2 is 1.89 bits per heavy atom. The Labute approximate surface area is 127 Å². The number of fused-ring (bicyclic) bond motifs is 1. The van der Waals surface area contributed by atoms with Crippen LogP contribution < -0.4 is 5.73 Å². The van der Waals surface area contributed by atoms with Gasteiger partial charge in [-0.25, -0.2) is 4.98 Å². The maximum atomic E-state index is 6.02. The van der Waals surface area contributed by atoms with Crippen LogP contribution in [0, 0.1) is 0 Å². The molecule has 5 heteroatoms. The van der Waals surface area contributed by atoms with E-state index in [0.29, 0.717) is 12.5 Å². The van der Waals surface area contributed by atoms with Crippen molar-refractivity contribution in [2.45, 2.75) is 6.54 Å². The van der Waals surface area contributed by atoms with Crippen molar-refractivity contribution in [1.29, 1.82) is 0 Å². The lowest BCUT2D eigenvalue weighted by Crippen LogP contribution is -2.04. The number of hydrogen-bond acceptors (Lipinski definition) is 2. The summed E-state index contributed by atoms with van der Waals surface area (Å²) >= 11 is 7.01. The minimum absolute atomic E-state index is 0.531. The zero-order valence-corrected chi connectivity index (χ0v) is 13.1. The lowest BCUT2D eigenvalue weighted by molar-refractivity contribution is 0.835. The second-order valence-electron chi connectivity index (χ2n) is 4.28. The van der Waals surface area contributed by atoms with E-state index in [-0.39, 0.29) is 0 Å². The van der Waals surface area contributed by atoms with Gasteiger partial charge in [-0.3, -0.25) is 0 Å². The quantitative estimate of drug-likeness (QED) is 0.724. The fraction of sp³-hybridized carbons (Fsp3) is 0.0714. The van der Waals surface area contributed by atoms with E-state index in [2.05, 4.69) is 42.9 Å². The molecule has 0 unspecified atom stereocenters. The van der Waals surface area contributed by atoms with Gasteiger partial charge >= 0.3 is 0 Å². The Kier molecular flexibility index (Phi) is 3.33. The molecule has 96 valence electrons. The van der Waals surface area contributed by atoms with Gasteiger partial charge in [-0.05, 0) is 29.8 Å². The molecule has 0 aliphatic rings. The molecule has 19 heavy (non-hydrogen) atoms. The number of nitrogens with zero attached hydrogens (tertiary/aromatic N) is 2. The van der Waals surface area contributed by atoms with Gasteiger partial charge < -0.3 is 10.3 Å². The van der Waals surface area contributed by atoms with E-state index in [0.717, 1.165) is 20.0 Å². The molecule has 0 aliphatic heterocycles. The van der Waals surface area contributed by atoms with Crippen molar-refractivity contribution in [3.8, 4) is 0 Å². The van der Waals surface area contributed by atoms with Gasteiger partial charge in [0.05, 0.1) is 17.6 Å². The van der Waals surface area contributed by atoms with Crippen LogP contribution >= 0.6 is 31.9 Å². The predicted octanol–water partition coefficient (Wildman–Crippen LogP) is 4.19. The van der Waals surface area contributed by atoms with Crippen molar-refractivity contribution in [1.82, 2.24) is 9.55 Å². The van der Waals surface area contributed by atoms with Crippen LogP contribution in [0.3, 0.4) is 0 Å². The van der Waals surface area contributed by atoms with Crippen LogP contribution in [0.5, 0.6) is 0 Å². The predicted molar refractivity (Wildman–Crippen MR) is 85.1 cm³/mol. The molecule has 0 spiro atoms. The van der Waals surface area contributed by atoms with Crippen LogP contribution in [0.15, 0.2) is 51.4 Å². The highest BCUT2D eigenvalue weighted by atomic mass is 79.9. The minimum Gasteiger partial charge on any atom is -0.369 e. The lowest BCUT2D eigenvalue weighted by Gasteiger charge is -2.08. The monoisotopic (exact) mass is 379 g/mol. The van der Waals surface area contributed by atoms with E-state index < -0.39 is 0 Å². The molecule has 0 bridgehead atoms. The Morgan fingerprint density at radius 1 is 1.11 bits per heavy atom. The number of halogens is 2. The summed E-state index contributed by atoms with van der Waals surface area (Å²) < 4.78 is 4.10. The van der Waals surface area contributed by atoms with E-state index in [4.69, 9.17) is 5.73 Å². The maximum Gasteiger partial charge on any atom is 0.201 e. The number of nitrogen functional groups attached to an aromatic ring is 1. The third-order valence-electron chi connectivity index (χ3n) is 3.03. The number of benzene rings is 2. The lowest BCUT2D eigenvalue weighted by atomic mass is 10.2. The topological polar surface area (TPSA) is 43.8 Å². The van der Waals surface area contributed by atoms with E-state index >= 15 is 0 Å². The highest BCUT2D eigenvalue weighted by Gasteiger charge is 2.10. The van der Waals surface area contributed by atoms with Crippen molar-refractivity contribution < 1.29 is 0 Å². The normalized spacial score (nSPS) is 11.1. The van der Waals surface area contributed by atoms with Gasteiger partial charge in [-0.2, -0.15) is 0 Å². The van der Waals surface area contributed by atoms with Gasteiger partial charge in [0.25, 0.3) is 0 Å². The molecule has 1 heterocycles. The first-order valence-corrected chi connectivity index (χ1v) is 7.38. The summed E-state index contributed by atoms with van der Waals surface area (Å²) in [5, 5.41) is 0. The largest absolute Gasteiger partial charge is 0.369 e. The SMILES string of the molecule is Nc1nc2cc(Br)ccc2n1Cc1ccccc1Br. The number of rotatable bonds is 2. The summed E-state index contributed by atoms with van der Waals surface area (Å²) in [6, 6.07) is 14.1. The van der Waals surface area contributed by atoms with Crippen molar-refractivity contribution in [2.75, 3.05) is 5.73 Å². The molecule has 2 aromatic carbocycles. The molecule has 0 atom stereocenters. The third-order valence-corrected chi connectivity index (χ3v) is 4.29. The first-order valence-electron chi connectivity index (χ1n) is 5.80. The third kappa shape index (κ3) is 2.40. The molecule has 0 fully saturated rings. The van der Waals surface area contributed by atoms with Gasteiger partial charge in [-0.15, -0.1) is 0 Å². The minimum atomic E-state index is 0.531. The first-order chi connectivity index (χ1) is 9.15. The zero-order valence-electron chi connectivity index (χ0n) is 9.98. The second kappa shape index (κ2) is 4.98. The Balaban J connectivity index is 2.10. The van der Waals surface area contributed by atoms with Crippen LogP contribution in [-0.2, 0) is 6.54 Å². The number of nitrogens with two attached hydrogens (primary N) is 1. The molecule has 0 amide bonds. The summed E-state index contributed by atoms with van der Waals surface area (Å²) in [6.07, 6.45) is 0. The fourth-order valence-corrected chi connectivity index (χ4v) is 2.84. The molecular formula is C14H11Br2N3. The standard InChI is InChI=1S/C14H11Br2N3/c15-10-5-6-13-12(7-10)18-14(17)19(13)8-9-3-1-2-4-11(9)16/h1-7H,8H2,(H2,17,18). The fourth-order valence-electron chi connectivity index (χ4n) is 2.08. The Morgan fingerprint density at radius 3 is 2.68 bits per heavy atom. The van der Waals surface area contributed by atoms with Gasteiger partial charge in [-0.1, -0.05) is 50.1 Å². The molecule has 3 aromatic rings. The van der Waals surface area contributed by atoms with Gasteiger partial charge in [0.1, 0.15) is 0 Å². The van der Waals surface area contributed by atoms with Crippen molar-refractivity contribution in [3.05, 3.63) is 57.0 Å². The average Bonchev–Trinajstić information content (AvgIpc) is 2.68.